The molecule has 1 saturated carbocycles. The molecule has 0 spiro atoms. The zero-order chi connectivity index (χ0) is 20.3. The van der Waals surface area contributed by atoms with Crippen molar-refractivity contribution in [1.29, 1.82) is 0 Å². The summed E-state index contributed by atoms with van der Waals surface area (Å²) in [5, 5.41) is 9.25. The summed E-state index contributed by atoms with van der Waals surface area (Å²) >= 11 is 0. The number of fused-ring (bicyclic) bond motifs is 1. The second-order valence-corrected chi connectivity index (χ2v) is 7.63. The summed E-state index contributed by atoms with van der Waals surface area (Å²) in [4.78, 5) is 25.4. The Bertz CT molecular complexity index is 1210. The van der Waals surface area contributed by atoms with E-state index in [0.717, 1.165) is 53.7 Å². The Morgan fingerprint density at radius 1 is 0.933 bits per heavy atom. The first-order chi connectivity index (χ1) is 14.8. The van der Waals surface area contributed by atoms with Crippen LogP contribution in [0.5, 0.6) is 0 Å². The smallest absolute Gasteiger partial charge is 0.267 e. The number of hydrogen-bond donors (Lipinski definition) is 1. The van der Waals surface area contributed by atoms with Crippen LogP contribution in [0.2, 0.25) is 0 Å². The van der Waals surface area contributed by atoms with E-state index in [1.807, 2.05) is 36.4 Å². The second kappa shape index (κ2) is 8.02. The molecule has 4 aromatic rings. The quantitative estimate of drug-likeness (QED) is 0.562. The third kappa shape index (κ3) is 3.66. The SMILES string of the molecule is O=c1ccc(-c2cccnc2)nn1C1CCC(Nc2ncnc3ccccc23)CC1. The molecular weight excluding hydrogens is 376 g/mol. The van der Waals surface area contributed by atoms with Crippen LogP contribution in [0.1, 0.15) is 31.7 Å². The van der Waals surface area contributed by atoms with Gasteiger partial charge < -0.3 is 5.32 Å². The molecule has 0 aliphatic heterocycles. The Hall–Kier alpha value is -3.61. The van der Waals surface area contributed by atoms with E-state index in [9.17, 15) is 4.79 Å². The lowest BCUT2D eigenvalue weighted by molar-refractivity contribution is 0.304. The van der Waals surface area contributed by atoms with Gasteiger partial charge in [-0.05, 0) is 56.0 Å². The average Bonchev–Trinajstić information content (AvgIpc) is 2.81. The largest absolute Gasteiger partial charge is 0.367 e. The van der Waals surface area contributed by atoms with Gasteiger partial charge in [-0.2, -0.15) is 5.10 Å². The van der Waals surface area contributed by atoms with Crippen LogP contribution in [0.4, 0.5) is 5.82 Å². The lowest BCUT2D eigenvalue weighted by atomic mass is 9.91. The predicted octanol–water partition coefficient (Wildman–Crippen LogP) is 3.84. The first-order valence-electron chi connectivity index (χ1n) is 10.2. The molecule has 150 valence electrons. The number of para-hydroxylation sites is 1. The highest BCUT2D eigenvalue weighted by molar-refractivity contribution is 5.88. The van der Waals surface area contributed by atoms with Gasteiger partial charge in [0, 0.05) is 35.5 Å². The molecule has 7 heteroatoms. The summed E-state index contributed by atoms with van der Waals surface area (Å²) < 4.78 is 1.65. The van der Waals surface area contributed by atoms with Crippen LogP contribution in [-0.2, 0) is 0 Å². The molecule has 1 aliphatic rings. The minimum atomic E-state index is -0.0548. The summed E-state index contributed by atoms with van der Waals surface area (Å²) in [6, 6.07) is 15.6. The normalized spacial score (nSPS) is 18.9. The van der Waals surface area contributed by atoms with Crippen molar-refractivity contribution in [3.63, 3.8) is 0 Å². The number of aromatic nitrogens is 5. The monoisotopic (exact) mass is 398 g/mol. The third-order valence-electron chi connectivity index (χ3n) is 5.71. The number of rotatable bonds is 4. The van der Waals surface area contributed by atoms with Gasteiger partial charge >= 0.3 is 0 Å². The van der Waals surface area contributed by atoms with Crippen molar-refractivity contribution >= 4 is 16.7 Å². The number of anilines is 1. The maximum Gasteiger partial charge on any atom is 0.267 e. The molecule has 3 aromatic heterocycles. The molecule has 1 aromatic carbocycles. The van der Waals surface area contributed by atoms with Gasteiger partial charge in [0.25, 0.3) is 5.56 Å². The predicted molar refractivity (Wildman–Crippen MR) is 116 cm³/mol. The van der Waals surface area contributed by atoms with E-state index in [1.54, 1.807) is 35.5 Å². The number of hydrogen-bond acceptors (Lipinski definition) is 6. The number of benzene rings is 1. The maximum absolute atomic E-state index is 12.5. The molecule has 0 unspecified atom stereocenters. The fourth-order valence-corrected chi connectivity index (χ4v) is 4.13. The van der Waals surface area contributed by atoms with E-state index in [1.165, 1.54) is 0 Å². The van der Waals surface area contributed by atoms with Gasteiger partial charge in [0.1, 0.15) is 12.1 Å². The van der Waals surface area contributed by atoms with E-state index in [2.05, 4.69) is 25.4 Å². The van der Waals surface area contributed by atoms with Crippen LogP contribution in [0, 0.1) is 0 Å². The first kappa shape index (κ1) is 18.4. The molecule has 0 saturated heterocycles. The topological polar surface area (TPSA) is 85.6 Å². The van der Waals surface area contributed by atoms with Gasteiger partial charge in [-0.15, -0.1) is 0 Å². The van der Waals surface area contributed by atoms with E-state index in [0.29, 0.717) is 6.04 Å². The Balaban J connectivity index is 1.31. The Kier molecular flexibility index (Phi) is 4.93. The maximum atomic E-state index is 12.5. The number of nitrogens with one attached hydrogen (secondary N) is 1. The van der Waals surface area contributed by atoms with Crippen LogP contribution in [0.3, 0.4) is 0 Å². The van der Waals surface area contributed by atoms with Gasteiger partial charge in [-0.25, -0.2) is 14.6 Å². The average molecular weight is 398 g/mol. The highest BCUT2D eigenvalue weighted by atomic mass is 16.1. The van der Waals surface area contributed by atoms with E-state index in [4.69, 9.17) is 0 Å². The van der Waals surface area contributed by atoms with Crippen molar-refractivity contribution in [2.45, 2.75) is 37.8 Å². The molecule has 3 heterocycles. The lowest BCUT2D eigenvalue weighted by Crippen LogP contribution is -2.33. The zero-order valence-electron chi connectivity index (χ0n) is 16.5. The fraction of sp³-hybridized carbons (Fsp3) is 0.261. The van der Waals surface area contributed by atoms with Gasteiger partial charge in [0.15, 0.2) is 0 Å². The molecule has 7 nitrogen and oxygen atoms in total. The molecule has 0 amide bonds. The molecule has 1 aliphatic carbocycles. The van der Waals surface area contributed by atoms with Crippen molar-refractivity contribution in [3.05, 3.63) is 77.6 Å². The van der Waals surface area contributed by atoms with Crippen LogP contribution < -0.4 is 10.9 Å². The van der Waals surface area contributed by atoms with Crippen molar-refractivity contribution in [2.24, 2.45) is 0 Å². The van der Waals surface area contributed by atoms with Crippen molar-refractivity contribution < 1.29 is 0 Å². The van der Waals surface area contributed by atoms with E-state index in [-0.39, 0.29) is 11.6 Å². The van der Waals surface area contributed by atoms with E-state index < -0.39 is 0 Å². The van der Waals surface area contributed by atoms with Crippen LogP contribution >= 0.6 is 0 Å². The van der Waals surface area contributed by atoms with Gasteiger partial charge in [0.05, 0.1) is 17.3 Å². The standard InChI is InChI=1S/C23H22N6O/c30-22-12-11-20(16-4-3-13-24-14-16)28-29(22)18-9-7-17(8-10-18)27-23-19-5-1-2-6-21(19)25-15-26-23/h1-6,11-15,17-18H,7-10H2,(H,25,26,27). The van der Waals surface area contributed by atoms with Crippen LogP contribution in [-0.4, -0.2) is 30.8 Å². The van der Waals surface area contributed by atoms with Gasteiger partial charge in [-0.3, -0.25) is 9.78 Å². The highest BCUT2D eigenvalue weighted by Gasteiger charge is 2.24. The molecule has 0 radical (unpaired) electrons. The van der Waals surface area contributed by atoms with Crippen LogP contribution in [0.15, 0.2) is 72.0 Å². The van der Waals surface area contributed by atoms with Crippen LogP contribution in [0.25, 0.3) is 22.2 Å². The summed E-state index contributed by atoms with van der Waals surface area (Å²) in [6.07, 6.45) is 8.79. The van der Waals surface area contributed by atoms with Crippen molar-refractivity contribution in [3.8, 4) is 11.3 Å². The molecule has 30 heavy (non-hydrogen) atoms. The Morgan fingerprint density at radius 2 is 1.80 bits per heavy atom. The lowest BCUT2D eigenvalue weighted by Gasteiger charge is -2.30. The van der Waals surface area contributed by atoms with Gasteiger partial charge in [-0.1, -0.05) is 12.1 Å². The summed E-state index contributed by atoms with van der Waals surface area (Å²) in [5.74, 6) is 0.873. The van der Waals surface area contributed by atoms with Crippen molar-refractivity contribution in [2.75, 3.05) is 5.32 Å². The minimum absolute atomic E-state index is 0.0548. The molecule has 5 rings (SSSR count). The highest BCUT2D eigenvalue weighted by Crippen LogP contribution is 2.30. The van der Waals surface area contributed by atoms with Crippen molar-refractivity contribution in [1.82, 2.24) is 24.7 Å². The molecule has 0 atom stereocenters. The van der Waals surface area contributed by atoms with E-state index >= 15 is 0 Å². The van der Waals surface area contributed by atoms with Gasteiger partial charge in [0.2, 0.25) is 0 Å². The summed E-state index contributed by atoms with van der Waals surface area (Å²) in [5.41, 5.74) is 2.57. The molecule has 0 bridgehead atoms. The minimum Gasteiger partial charge on any atom is -0.367 e. The second-order valence-electron chi connectivity index (χ2n) is 7.63. The molecular formula is C23H22N6O. The first-order valence-corrected chi connectivity index (χ1v) is 10.2. The fourth-order valence-electron chi connectivity index (χ4n) is 4.13. The zero-order valence-corrected chi connectivity index (χ0v) is 16.5. The molecule has 1 fully saturated rings. The Morgan fingerprint density at radius 3 is 2.63 bits per heavy atom. The summed E-state index contributed by atoms with van der Waals surface area (Å²) in [7, 11) is 0. The number of nitrogens with zero attached hydrogens (tertiary/aromatic N) is 5. The molecule has 1 N–H and O–H groups in total. The Labute approximate surface area is 173 Å². The third-order valence-corrected chi connectivity index (χ3v) is 5.71. The summed E-state index contributed by atoms with van der Waals surface area (Å²) in [6.45, 7) is 0. The number of pyridine rings is 1.